The molecule has 134 valence electrons. The van der Waals surface area contributed by atoms with E-state index in [1.165, 1.54) is 32.2 Å². The van der Waals surface area contributed by atoms with Gasteiger partial charge in [0, 0.05) is 25.2 Å². The summed E-state index contributed by atoms with van der Waals surface area (Å²) >= 11 is 0. The van der Waals surface area contributed by atoms with Gasteiger partial charge in [-0.1, -0.05) is 6.42 Å². The normalized spacial score (nSPS) is 27.0. The average molecular weight is 325 g/mol. The number of carbonyl (C=O) groups excluding carboxylic acids is 1. The van der Waals surface area contributed by atoms with Crippen LogP contribution in [0.25, 0.3) is 0 Å². The van der Waals surface area contributed by atoms with Crippen LogP contribution in [0.5, 0.6) is 0 Å². The summed E-state index contributed by atoms with van der Waals surface area (Å²) in [5.74, 6) is 0.546. The fourth-order valence-electron chi connectivity index (χ4n) is 3.49. The Kier molecular flexibility index (Phi) is 6.72. The fourth-order valence-corrected chi connectivity index (χ4v) is 3.49. The van der Waals surface area contributed by atoms with E-state index in [1.54, 1.807) is 0 Å². The van der Waals surface area contributed by atoms with Crippen molar-refractivity contribution in [1.82, 2.24) is 15.5 Å². The van der Waals surface area contributed by atoms with Gasteiger partial charge < -0.3 is 20.3 Å². The van der Waals surface area contributed by atoms with Crippen molar-refractivity contribution in [3.63, 3.8) is 0 Å². The zero-order valence-electron chi connectivity index (χ0n) is 15.4. The second-order valence-corrected chi connectivity index (χ2v) is 8.27. The lowest BCUT2D eigenvalue weighted by atomic mass is 9.98. The van der Waals surface area contributed by atoms with Crippen LogP contribution in [0.4, 0.5) is 4.79 Å². The predicted molar refractivity (Wildman–Crippen MR) is 93.6 cm³/mol. The van der Waals surface area contributed by atoms with Gasteiger partial charge in [-0.25, -0.2) is 4.79 Å². The van der Waals surface area contributed by atoms with E-state index < -0.39 is 5.60 Å². The highest BCUT2D eigenvalue weighted by atomic mass is 16.6. The third-order valence-electron chi connectivity index (χ3n) is 4.74. The van der Waals surface area contributed by atoms with Crippen molar-refractivity contribution in [2.75, 3.05) is 26.2 Å². The first kappa shape index (κ1) is 18.5. The quantitative estimate of drug-likeness (QED) is 0.816. The van der Waals surface area contributed by atoms with Crippen molar-refractivity contribution in [1.29, 1.82) is 0 Å². The predicted octanol–water partition coefficient (Wildman–Crippen LogP) is 2.75. The Hall–Kier alpha value is -0.810. The zero-order chi connectivity index (χ0) is 16.9. The molecular weight excluding hydrogens is 290 g/mol. The summed E-state index contributed by atoms with van der Waals surface area (Å²) in [5, 5.41) is 7.27. The lowest BCUT2D eigenvalue weighted by Crippen LogP contribution is -2.41. The molecule has 1 amide bonds. The van der Waals surface area contributed by atoms with Gasteiger partial charge in [0.25, 0.3) is 0 Å². The molecule has 0 aliphatic carbocycles. The number of piperidine rings is 1. The minimum absolute atomic E-state index is 0.167. The van der Waals surface area contributed by atoms with E-state index in [2.05, 4.69) is 17.6 Å². The first-order chi connectivity index (χ1) is 10.8. The molecule has 3 atom stereocenters. The molecule has 0 bridgehead atoms. The molecule has 23 heavy (non-hydrogen) atoms. The van der Waals surface area contributed by atoms with Gasteiger partial charge in [-0.2, -0.15) is 0 Å². The highest BCUT2D eigenvalue weighted by molar-refractivity contribution is 5.68. The largest absolute Gasteiger partial charge is 0.444 e. The van der Waals surface area contributed by atoms with E-state index in [1.807, 2.05) is 25.7 Å². The first-order valence-electron chi connectivity index (χ1n) is 9.28. The Labute approximate surface area is 141 Å². The van der Waals surface area contributed by atoms with Crippen LogP contribution in [-0.4, -0.2) is 54.9 Å². The topological polar surface area (TPSA) is 53.6 Å². The molecule has 2 aliphatic heterocycles. The number of ether oxygens (including phenoxy) is 1. The number of likely N-dealkylation sites (tertiary alicyclic amines) is 1. The van der Waals surface area contributed by atoms with Crippen LogP contribution in [0, 0.1) is 5.92 Å². The van der Waals surface area contributed by atoms with Gasteiger partial charge in [0.1, 0.15) is 5.60 Å². The minimum atomic E-state index is -0.408. The summed E-state index contributed by atoms with van der Waals surface area (Å²) in [7, 11) is 0. The lowest BCUT2D eigenvalue weighted by Gasteiger charge is -2.27. The Balaban J connectivity index is 1.64. The summed E-state index contributed by atoms with van der Waals surface area (Å²) in [5.41, 5.74) is -0.408. The van der Waals surface area contributed by atoms with Crippen molar-refractivity contribution < 1.29 is 9.53 Å². The smallest absolute Gasteiger partial charge is 0.410 e. The minimum Gasteiger partial charge on any atom is -0.444 e. The van der Waals surface area contributed by atoms with Crippen molar-refractivity contribution in [2.24, 2.45) is 5.92 Å². The van der Waals surface area contributed by atoms with Crippen molar-refractivity contribution >= 4 is 6.09 Å². The van der Waals surface area contributed by atoms with Crippen LogP contribution in [0.2, 0.25) is 0 Å². The molecule has 0 saturated carbocycles. The molecule has 5 nitrogen and oxygen atoms in total. The number of rotatable bonds is 5. The summed E-state index contributed by atoms with van der Waals surface area (Å²) in [6, 6.07) is 1.20. The zero-order valence-corrected chi connectivity index (χ0v) is 15.4. The van der Waals surface area contributed by atoms with E-state index >= 15 is 0 Å². The highest BCUT2D eigenvalue weighted by Crippen LogP contribution is 2.19. The van der Waals surface area contributed by atoms with Gasteiger partial charge in [-0.15, -0.1) is 0 Å². The van der Waals surface area contributed by atoms with Gasteiger partial charge in [0.15, 0.2) is 0 Å². The van der Waals surface area contributed by atoms with Crippen molar-refractivity contribution in [3.05, 3.63) is 0 Å². The van der Waals surface area contributed by atoms with Crippen LogP contribution in [0.15, 0.2) is 0 Å². The van der Waals surface area contributed by atoms with Gasteiger partial charge in [-0.3, -0.25) is 0 Å². The monoisotopic (exact) mass is 325 g/mol. The Bertz CT molecular complexity index is 375. The first-order valence-corrected chi connectivity index (χ1v) is 9.28. The average Bonchev–Trinajstić information content (AvgIpc) is 2.93. The number of hydrogen-bond acceptors (Lipinski definition) is 4. The molecule has 2 saturated heterocycles. The third-order valence-corrected chi connectivity index (χ3v) is 4.74. The molecule has 0 spiro atoms. The van der Waals surface area contributed by atoms with Gasteiger partial charge >= 0.3 is 6.09 Å². The van der Waals surface area contributed by atoms with Gasteiger partial charge in [0.2, 0.25) is 0 Å². The molecular formula is C18H35N3O2. The number of carbonyl (C=O) groups is 1. The summed E-state index contributed by atoms with van der Waals surface area (Å²) in [6.07, 6.45) is 6.09. The molecule has 3 unspecified atom stereocenters. The van der Waals surface area contributed by atoms with Crippen molar-refractivity contribution in [3.8, 4) is 0 Å². The Morgan fingerprint density at radius 1 is 1.35 bits per heavy atom. The molecule has 2 aliphatic rings. The van der Waals surface area contributed by atoms with Crippen LogP contribution < -0.4 is 10.6 Å². The van der Waals surface area contributed by atoms with Gasteiger partial charge in [0.05, 0.1) is 0 Å². The van der Waals surface area contributed by atoms with E-state index in [9.17, 15) is 4.79 Å². The number of nitrogens with one attached hydrogen (secondary N) is 2. The van der Waals surface area contributed by atoms with Crippen molar-refractivity contribution in [2.45, 2.75) is 77.5 Å². The van der Waals surface area contributed by atoms with E-state index in [-0.39, 0.29) is 6.09 Å². The third kappa shape index (κ3) is 6.68. The molecule has 0 radical (unpaired) electrons. The molecule has 0 aromatic carbocycles. The Morgan fingerprint density at radius 2 is 2.13 bits per heavy atom. The number of hydrogen-bond donors (Lipinski definition) is 2. The molecule has 0 aromatic heterocycles. The molecule has 5 heteroatoms. The summed E-state index contributed by atoms with van der Waals surface area (Å²) in [6.45, 7) is 11.8. The second kappa shape index (κ2) is 8.34. The van der Waals surface area contributed by atoms with Gasteiger partial charge in [-0.05, 0) is 72.4 Å². The summed E-state index contributed by atoms with van der Waals surface area (Å²) in [4.78, 5) is 13.9. The van der Waals surface area contributed by atoms with Crippen LogP contribution in [-0.2, 0) is 4.74 Å². The van der Waals surface area contributed by atoms with Crippen LogP contribution >= 0.6 is 0 Å². The number of nitrogens with zero attached hydrogens (tertiary/aromatic N) is 1. The fraction of sp³-hybridized carbons (Fsp3) is 0.944. The molecule has 2 N–H and O–H groups in total. The maximum absolute atomic E-state index is 12.1. The lowest BCUT2D eigenvalue weighted by molar-refractivity contribution is 0.0288. The maximum Gasteiger partial charge on any atom is 0.410 e. The molecule has 2 rings (SSSR count). The standard InChI is InChI=1S/C18H35N3O2/c1-14(11-16-7-5-6-9-19-16)20-12-15-8-10-21(13-15)17(22)23-18(2,3)4/h14-16,19-20H,5-13H2,1-4H3. The molecule has 2 fully saturated rings. The second-order valence-electron chi connectivity index (χ2n) is 8.27. The maximum atomic E-state index is 12.1. The Morgan fingerprint density at radius 3 is 2.78 bits per heavy atom. The van der Waals surface area contributed by atoms with E-state index in [0.29, 0.717) is 18.0 Å². The molecule has 0 aromatic rings. The molecule has 2 heterocycles. The van der Waals surface area contributed by atoms with E-state index in [4.69, 9.17) is 4.74 Å². The van der Waals surface area contributed by atoms with Crippen LogP contribution in [0.3, 0.4) is 0 Å². The van der Waals surface area contributed by atoms with E-state index in [0.717, 1.165) is 26.1 Å². The number of amides is 1. The highest BCUT2D eigenvalue weighted by Gasteiger charge is 2.29. The SMILES string of the molecule is CC(CC1CCCCN1)NCC1CCN(C(=O)OC(C)(C)C)C1. The summed E-state index contributed by atoms with van der Waals surface area (Å²) < 4.78 is 5.45. The van der Waals surface area contributed by atoms with Crippen LogP contribution in [0.1, 0.15) is 59.8 Å².